The summed E-state index contributed by atoms with van der Waals surface area (Å²) in [6.45, 7) is 2.56. The Kier molecular flexibility index (Phi) is 7.54. The molecule has 2 N–H and O–H groups in total. The largest absolute Gasteiger partial charge is 0.393 e. The van der Waals surface area contributed by atoms with E-state index in [4.69, 9.17) is 11.6 Å². The highest BCUT2D eigenvalue weighted by Gasteiger charge is 2.26. The van der Waals surface area contributed by atoms with Crippen LogP contribution in [0.3, 0.4) is 0 Å². The van der Waals surface area contributed by atoms with E-state index in [2.05, 4.69) is 11.6 Å². The molecule has 0 amide bonds. The highest BCUT2D eigenvalue weighted by Crippen LogP contribution is 2.33. The van der Waals surface area contributed by atoms with Gasteiger partial charge < -0.3 is 5.11 Å². The first kappa shape index (κ1) is 19.7. The molecule has 6 heteroatoms. The van der Waals surface area contributed by atoms with Crippen LogP contribution in [0.5, 0.6) is 0 Å². The zero-order valence-electron chi connectivity index (χ0n) is 14.2. The van der Waals surface area contributed by atoms with Crippen molar-refractivity contribution < 1.29 is 13.5 Å². The van der Waals surface area contributed by atoms with Gasteiger partial charge in [-0.15, -0.1) is 0 Å². The van der Waals surface area contributed by atoms with Gasteiger partial charge in [-0.1, -0.05) is 37.8 Å². The van der Waals surface area contributed by atoms with Crippen LogP contribution in [0.1, 0.15) is 51.9 Å². The molecule has 0 spiro atoms. The Bertz CT molecular complexity index is 595. The molecule has 4 nitrogen and oxygen atoms in total. The summed E-state index contributed by atoms with van der Waals surface area (Å²) in [5.74, 6) is 0.968. The second kappa shape index (κ2) is 9.18. The average Bonchev–Trinajstić information content (AvgIpc) is 2.56. The van der Waals surface area contributed by atoms with E-state index in [0.29, 0.717) is 23.4 Å². The number of rotatable bonds is 8. The van der Waals surface area contributed by atoms with E-state index in [0.717, 1.165) is 44.9 Å². The van der Waals surface area contributed by atoms with Crippen LogP contribution >= 0.6 is 11.6 Å². The highest BCUT2D eigenvalue weighted by atomic mass is 35.5. The van der Waals surface area contributed by atoms with Gasteiger partial charge in [0.1, 0.15) is 0 Å². The number of aliphatic hydroxyl groups excluding tert-OH is 1. The first-order valence-corrected chi connectivity index (χ1v) is 10.7. The van der Waals surface area contributed by atoms with Crippen LogP contribution in [0.15, 0.2) is 29.2 Å². The van der Waals surface area contributed by atoms with E-state index in [1.165, 1.54) is 12.1 Å². The first-order valence-electron chi connectivity index (χ1n) is 8.85. The maximum absolute atomic E-state index is 12.2. The van der Waals surface area contributed by atoms with Crippen molar-refractivity contribution in [2.24, 2.45) is 11.8 Å². The van der Waals surface area contributed by atoms with Crippen LogP contribution in [0, 0.1) is 11.8 Å². The van der Waals surface area contributed by atoms with Crippen LogP contribution in [-0.4, -0.2) is 26.2 Å². The maximum atomic E-state index is 12.2. The molecule has 1 atom stereocenters. The molecule has 0 radical (unpaired) electrons. The van der Waals surface area contributed by atoms with Gasteiger partial charge in [0, 0.05) is 11.6 Å². The van der Waals surface area contributed by atoms with Crippen molar-refractivity contribution in [3.05, 3.63) is 29.3 Å². The highest BCUT2D eigenvalue weighted by molar-refractivity contribution is 7.89. The fraction of sp³-hybridized carbons (Fsp3) is 0.667. The predicted molar refractivity (Wildman–Crippen MR) is 97.6 cm³/mol. The van der Waals surface area contributed by atoms with E-state index in [1.807, 2.05) is 0 Å². The van der Waals surface area contributed by atoms with Crippen molar-refractivity contribution in [2.45, 2.75) is 62.9 Å². The zero-order chi connectivity index (χ0) is 17.6. The average molecular weight is 374 g/mol. The minimum Gasteiger partial charge on any atom is -0.393 e. The number of benzene rings is 1. The number of hydrogen-bond donors (Lipinski definition) is 2. The molecule has 1 saturated carbocycles. The van der Waals surface area contributed by atoms with Crippen molar-refractivity contribution in [3.8, 4) is 0 Å². The van der Waals surface area contributed by atoms with E-state index >= 15 is 0 Å². The lowest BCUT2D eigenvalue weighted by Gasteiger charge is -2.31. The first-order chi connectivity index (χ1) is 11.4. The second-order valence-corrected chi connectivity index (χ2v) is 8.98. The summed E-state index contributed by atoms with van der Waals surface area (Å²) in [7, 11) is -3.46. The van der Waals surface area contributed by atoms with E-state index in [9.17, 15) is 13.5 Å². The molecule has 1 aliphatic rings. The van der Waals surface area contributed by atoms with Crippen LogP contribution < -0.4 is 4.72 Å². The third kappa shape index (κ3) is 5.73. The number of sulfonamides is 1. The second-order valence-electron chi connectivity index (χ2n) is 6.78. The maximum Gasteiger partial charge on any atom is 0.240 e. The molecule has 0 aliphatic heterocycles. The standard InChI is InChI=1S/C18H28ClNO3S/c1-2-3-18(21)15-6-4-14(5-7-15)12-13-20-24(22,23)17-10-8-16(19)9-11-17/h8-11,14-15,18,20-21H,2-7,12-13H2,1H3. The van der Waals surface area contributed by atoms with E-state index < -0.39 is 10.0 Å². The number of hydrogen-bond acceptors (Lipinski definition) is 3. The number of aliphatic hydroxyl groups is 1. The topological polar surface area (TPSA) is 66.4 Å². The number of nitrogens with one attached hydrogen (secondary N) is 1. The summed E-state index contributed by atoms with van der Waals surface area (Å²) in [4.78, 5) is 0.248. The predicted octanol–water partition coefficient (Wildman–Crippen LogP) is 3.98. The molecule has 1 unspecified atom stereocenters. The summed E-state index contributed by atoms with van der Waals surface area (Å²) in [6, 6.07) is 6.20. The van der Waals surface area contributed by atoms with Gasteiger partial charge in [0.2, 0.25) is 10.0 Å². The lowest BCUT2D eigenvalue weighted by Crippen LogP contribution is -2.29. The molecule has 2 rings (SSSR count). The van der Waals surface area contributed by atoms with Gasteiger partial charge in [0.25, 0.3) is 0 Å². The Labute approximate surface area is 150 Å². The Morgan fingerprint density at radius 3 is 2.42 bits per heavy atom. The number of halogens is 1. The molecule has 136 valence electrons. The third-order valence-corrected chi connectivity index (χ3v) is 6.72. The molecule has 24 heavy (non-hydrogen) atoms. The fourth-order valence-corrected chi connectivity index (χ4v) is 4.66. The smallest absolute Gasteiger partial charge is 0.240 e. The normalized spacial score (nSPS) is 23.1. The lowest BCUT2D eigenvalue weighted by atomic mass is 9.77. The molecular weight excluding hydrogens is 346 g/mol. The Hall–Kier alpha value is -0.620. The van der Waals surface area contributed by atoms with Crippen molar-refractivity contribution in [1.29, 1.82) is 0 Å². The SMILES string of the molecule is CCCC(O)C1CCC(CCNS(=O)(=O)c2ccc(Cl)cc2)CC1. The molecule has 0 aromatic heterocycles. The monoisotopic (exact) mass is 373 g/mol. The van der Waals surface area contributed by atoms with Gasteiger partial charge in [0.15, 0.2) is 0 Å². The summed E-state index contributed by atoms with van der Waals surface area (Å²) in [6.07, 6.45) is 6.85. The van der Waals surface area contributed by atoms with Crippen LogP contribution in [0.4, 0.5) is 0 Å². The van der Waals surface area contributed by atoms with Crippen LogP contribution in [-0.2, 0) is 10.0 Å². The lowest BCUT2D eigenvalue weighted by molar-refractivity contribution is 0.0655. The molecule has 1 aromatic carbocycles. The Morgan fingerprint density at radius 1 is 1.21 bits per heavy atom. The molecule has 1 aliphatic carbocycles. The van der Waals surface area contributed by atoms with Crippen molar-refractivity contribution >= 4 is 21.6 Å². The minimum atomic E-state index is -3.46. The Morgan fingerprint density at radius 2 is 1.83 bits per heavy atom. The molecule has 0 saturated heterocycles. The zero-order valence-corrected chi connectivity index (χ0v) is 15.8. The van der Waals surface area contributed by atoms with Crippen LogP contribution in [0.25, 0.3) is 0 Å². The van der Waals surface area contributed by atoms with E-state index in [1.54, 1.807) is 12.1 Å². The Balaban J connectivity index is 1.74. The summed E-state index contributed by atoms with van der Waals surface area (Å²) in [5, 5.41) is 10.6. The van der Waals surface area contributed by atoms with E-state index in [-0.39, 0.29) is 11.0 Å². The molecule has 0 heterocycles. The molecule has 1 aromatic rings. The van der Waals surface area contributed by atoms with Gasteiger partial charge in [-0.3, -0.25) is 0 Å². The van der Waals surface area contributed by atoms with Gasteiger partial charge in [-0.05, 0) is 61.8 Å². The summed E-state index contributed by atoms with van der Waals surface area (Å²) >= 11 is 5.79. The fourth-order valence-electron chi connectivity index (χ4n) is 3.49. The van der Waals surface area contributed by atoms with Crippen molar-refractivity contribution in [3.63, 3.8) is 0 Å². The van der Waals surface area contributed by atoms with Crippen LogP contribution in [0.2, 0.25) is 5.02 Å². The van der Waals surface area contributed by atoms with Gasteiger partial charge in [0.05, 0.1) is 11.0 Å². The molecule has 0 bridgehead atoms. The van der Waals surface area contributed by atoms with Crippen molar-refractivity contribution in [1.82, 2.24) is 4.72 Å². The van der Waals surface area contributed by atoms with Gasteiger partial charge in [-0.2, -0.15) is 0 Å². The van der Waals surface area contributed by atoms with Gasteiger partial charge in [-0.25, -0.2) is 13.1 Å². The molecular formula is C18H28ClNO3S. The molecule has 1 fully saturated rings. The quantitative estimate of drug-likeness (QED) is 0.724. The summed E-state index contributed by atoms with van der Waals surface area (Å²) < 4.78 is 27.1. The minimum absolute atomic E-state index is 0.167. The third-order valence-electron chi connectivity index (χ3n) is 4.99. The van der Waals surface area contributed by atoms with Gasteiger partial charge >= 0.3 is 0 Å². The van der Waals surface area contributed by atoms with Crippen molar-refractivity contribution in [2.75, 3.05) is 6.54 Å². The summed E-state index contributed by atoms with van der Waals surface area (Å²) in [5.41, 5.74) is 0.